The minimum Gasteiger partial charge on any atom is -0.250 e. The quantitative estimate of drug-likeness (QED) is 0.586. The molecule has 0 saturated heterocycles. The Kier molecular flexibility index (Phi) is 6.18. The summed E-state index contributed by atoms with van der Waals surface area (Å²) in [5.74, 6) is 0. The first-order valence-electron chi connectivity index (χ1n) is 4.19. The van der Waals surface area contributed by atoms with Gasteiger partial charge in [-0.2, -0.15) is 0 Å². The van der Waals surface area contributed by atoms with Crippen LogP contribution in [0.1, 0.15) is 26.2 Å². The second-order valence-corrected chi connectivity index (χ2v) is 2.96. The molecular formula is C9H19N2. The van der Waals surface area contributed by atoms with Gasteiger partial charge in [0.1, 0.15) is 0 Å². The Morgan fingerprint density at radius 3 is 2.55 bits per heavy atom. The molecular weight excluding hydrogens is 136 g/mol. The van der Waals surface area contributed by atoms with Gasteiger partial charge in [0.05, 0.1) is 0 Å². The fourth-order valence-corrected chi connectivity index (χ4v) is 0.959. The van der Waals surface area contributed by atoms with Crippen LogP contribution in [0.4, 0.5) is 0 Å². The van der Waals surface area contributed by atoms with Crippen LogP contribution in [0.3, 0.4) is 0 Å². The van der Waals surface area contributed by atoms with E-state index >= 15 is 0 Å². The molecule has 0 aliphatic carbocycles. The molecule has 11 heavy (non-hydrogen) atoms. The lowest BCUT2D eigenvalue weighted by atomic mass is 10.1. The summed E-state index contributed by atoms with van der Waals surface area (Å²) in [7, 11) is 3.95. The van der Waals surface area contributed by atoms with E-state index in [0.717, 1.165) is 6.42 Å². The summed E-state index contributed by atoms with van der Waals surface area (Å²) in [6.07, 6.45) is 5.28. The average molecular weight is 155 g/mol. The molecule has 0 spiro atoms. The summed E-state index contributed by atoms with van der Waals surface area (Å²) in [6, 6.07) is 0.324. The maximum absolute atomic E-state index is 5.45. The van der Waals surface area contributed by atoms with Gasteiger partial charge in [-0.3, -0.25) is 5.01 Å². The fraction of sp³-hybridized carbons (Fsp3) is 0.778. The van der Waals surface area contributed by atoms with E-state index in [0.29, 0.717) is 6.04 Å². The second kappa shape index (κ2) is 6.38. The Balaban J connectivity index is 3.49. The minimum atomic E-state index is 0.324. The van der Waals surface area contributed by atoms with Crippen LogP contribution in [0.2, 0.25) is 0 Å². The number of nitrogens with one attached hydrogen (secondary N) is 1. The first kappa shape index (κ1) is 10.7. The first-order chi connectivity index (χ1) is 5.20. The van der Waals surface area contributed by atoms with E-state index in [1.54, 1.807) is 6.08 Å². The number of nitrogens with zero attached hydrogens (tertiary/aromatic N) is 1. The molecule has 0 amide bonds. The molecule has 2 nitrogen and oxygen atoms in total. The zero-order chi connectivity index (χ0) is 8.69. The summed E-state index contributed by atoms with van der Waals surface area (Å²) >= 11 is 0. The Morgan fingerprint density at radius 2 is 2.18 bits per heavy atom. The summed E-state index contributed by atoms with van der Waals surface area (Å²) in [5, 5.41) is 1.93. The van der Waals surface area contributed by atoms with E-state index < -0.39 is 0 Å². The molecule has 1 unspecified atom stereocenters. The summed E-state index contributed by atoms with van der Waals surface area (Å²) in [5.41, 5.74) is 3.22. The van der Waals surface area contributed by atoms with Gasteiger partial charge in [-0.05, 0) is 6.42 Å². The zero-order valence-corrected chi connectivity index (χ0v) is 7.80. The van der Waals surface area contributed by atoms with Gasteiger partial charge >= 0.3 is 0 Å². The van der Waals surface area contributed by atoms with Gasteiger partial charge in [-0.15, -0.1) is 0 Å². The third-order valence-electron chi connectivity index (χ3n) is 1.53. The molecule has 1 atom stereocenters. The van der Waals surface area contributed by atoms with Gasteiger partial charge in [0.15, 0.2) is 0 Å². The van der Waals surface area contributed by atoms with Crippen molar-refractivity contribution in [2.45, 2.75) is 32.2 Å². The van der Waals surface area contributed by atoms with Crippen molar-refractivity contribution in [1.82, 2.24) is 10.4 Å². The third kappa shape index (κ3) is 6.07. The predicted octanol–water partition coefficient (Wildman–Crippen LogP) is 1.60. The van der Waals surface area contributed by atoms with Crippen molar-refractivity contribution in [1.29, 1.82) is 0 Å². The van der Waals surface area contributed by atoms with Crippen molar-refractivity contribution in [3.63, 3.8) is 0 Å². The number of rotatable bonds is 6. The lowest BCUT2D eigenvalue weighted by molar-refractivity contribution is 0.255. The Morgan fingerprint density at radius 1 is 1.55 bits per heavy atom. The molecule has 0 saturated carbocycles. The van der Waals surface area contributed by atoms with Gasteiger partial charge in [0.2, 0.25) is 0 Å². The van der Waals surface area contributed by atoms with Crippen molar-refractivity contribution in [2.75, 3.05) is 14.1 Å². The normalized spacial score (nSPS) is 13.5. The van der Waals surface area contributed by atoms with Crippen LogP contribution in [-0.4, -0.2) is 25.1 Å². The van der Waals surface area contributed by atoms with Gasteiger partial charge < -0.3 is 0 Å². The molecule has 0 fully saturated rings. The van der Waals surface area contributed by atoms with Gasteiger partial charge in [0, 0.05) is 20.1 Å². The maximum Gasteiger partial charge on any atom is 0.0398 e. The van der Waals surface area contributed by atoms with Crippen LogP contribution < -0.4 is 5.43 Å². The highest BCUT2D eigenvalue weighted by Gasteiger charge is 2.02. The Hall–Kier alpha value is -0.340. The van der Waals surface area contributed by atoms with Crippen LogP contribution in [0.5, 0.6) is 0 Å². The van der Waals surface area contributed by atoms with Gasteiger partial charge in [-0.1, -0.05) is 32.4 Å². The fourth-order valence-electron chi connectivity index (χ4n) is 0.959. The number of hydrogen-bond donors (Lipinski definition) is 1. The van der Waals surface area contributed by atoms with Crippen molar-refractivity contribution in [3.8, 4) is 0 Å². The molecule has 65 valence electrons. The molecule has 0 bridgehead atoms. The molecule has 2 heteroatoms. The van der Waals surface area contributed by atoms with Crippen molar-refractivity contribution < 1.29 is 0 Å². The van der Waals surface area contributed by atoms with Crippen LogP contribution in [-0.2, 0) is 0 Å². The van der Waals surface area contributed by atoms with E-state index in [4.69, 9.17) is 6.58 Å². The maximum atomic E-state index is 5.45. The highest BCUT2D eigenvalue weighted by Crippen LogP contribution is 2.00. The number of hydrogen-bond acceptors (Lipinski definition) is 2. The zero-order valence-electron chi connectivity index (χ0n) is 7.80. The summed E-state index contributed by atoms with van der Waals surface area (Å²) in [4.78, 5) is 0. The van der Waals surface area contributed by atoms with E-state index in [9.17, 15) is 0 Å². The summed E-state index contributed by atoms with van der Waals surface area (Å²) in [6.45, 7) is 7.63. The molecule has 0 aromatic carbocycles. The molecule has 1 radical (unpaired) electrons. The topological polar surface area (TPSA) is 15.3 Å². The van der Waals surface area contributed by atoms with Gasteiger partial charge in [-0.25, -0.2) is 5.43 Å². The molecule has 0 heterocycles. The predicted molar refractivity (Wildman–Crippen MR) is 49.0 cm³/mol. The van der Waals surface area contributed by atoms with E-state index in [2.05, 4.69) is 12.3 Å². The van der Waals surface area contributed by atoms with Crippen LogP contribution in [0.15, 0.2) is 6.08 Å². The lowest BCUT2D eigenvalue weighted by Crippen LogP contribution is -2.38. The third-order valence-corrected chi connectivity index (χ3v) is 1.53. The largest absolute Gasteiger partial charge is 0.250 e. The Bertz CT molecular complexity index is 99.7. The monoisotopic (exact) mass is 155 g/mol. The number of unbranched alkanes of at least 4 members (excludes halogenated alkanes) is 1. The first-order valence-corrected chi connectivity index (χ1v) is 4.19. The Labute approximate surface area is 70.2 Å². The standard InChI is InChI=1S/C9H19N2/c1-5-7-8-9(6-2)10-11(3)4/h2,6,9-10H,5,7-8H2,1,3-4H3. The molecule has 1 N–H and O–H groups in total. The average Bonchev–Trinajstić information content (AvgIpc) is 1.97. The molecule has 0 rings (SSSR count). The molecule has 0 aromatic heterocycles. The van der Waals surface area contributed by atoms with Crippen molar-refractivity contribution in [2.24, 2.45) is 0 Å². The van der Waals surface area contributed by atoms with Crippen LogP contribution in [0.25, 0.3) is 0 Å². The van der Waals surface area contributed by atoms with E-state index in [1.807, 2.05) is 19.1 Å². The van der Waals surface area contributed by atoms with Gasteiger partial charge in [0.25, 0.3) is 0 Å². The highest BCUT2D eigenvalue weighted by atomic mass is 15.5. The van der Waals surface area contributed by atoms with E-state index in [-0.39, 0.29) is 0 Å². The van der Waals surface area contributed by atoms with E-state index in [1.165, 1.54) is 12.8 Å². The smallest absolute Gasteiger partial charge is 0.0398 e. The molecule has 0 aliphatic rings. The SMILES string of the molecule is [CH]=CC(CCCC)NN(C)C. The minimum absolute atomic E-state index is 0.324. The lowest BCUT2D eigenvalue weighted by Gasteiger charge is -2.19. The molecule has 0 aliphatic heterocycles. The highest BCUT2D eigenvalue weighted by molar-refractivity contribution is 4.81. The number of hydrazine groups is 1. The summed E-state index contributed by atoms with van der Waals surface area (Å²) < 4.78 is 0. The molecule has 0 aromatic rings. The van der Waals surface area contributed by atoms with Crippen molar-refractivity contribution in [3.05, 3.63) is 12.7 Å². The van der Waals surface area contributed by atoms with Crippen LogP contribution in [0, 0.1) is 6.58 Å². The van der Waals surface area contributed by atoms with Crippen molar-refractivity contribution >= 4 is 0 Å². The second-order valence-electron chi connectivity index (χ2n) is 2.96. The van der Waals surface area contributed by atoms with Crippen LogP contribution >= 0.6 is 0 Å².